The zero-order chi connectivity index (χ0) is 12.4. The van der Waals surface area contributed by atoms with Crippen LogP contribution in [0, 0.1) is 6.92 Å². The number of aldehydes is 1. The van der Waals surface area contributed by atoms with Crippen LogP contribution in [0.25, 0.3) is 0 Å². The van der Waals surface area contributed by atoms with E-state index < -0.39 is 0 Å². The smallest absolute Gasteiger partial charge is 0.263 e. The van der Waals surface area contributed by atoms with Crippen molar-refractivity contribution in [2.24, 2.45) is 7.05 Å². The lowest BCUT2D eigenvalue weighted by Crippen LogP contribution is -2.38. The van der Waals surface area contributed by atoms with Crippen molar-refractivity contribution in [3.05, 3.63) is 27.7 Å². The molecule has 2 heterocycles. The molecule has 0 N–H and O–H groups in total. The summed E-state index contributed by atoms with van der Waals surface area (Å²) < 4.78 is 6.76. The predicted octanol–water partition coefficient (Wildman–Crippen LogP) is 0.343. The van der Waals surface area contributed by atoms with Gasteiger partial charge in [0.05, 0.1) is 18.9 Å². The molecule has 1 aromatic rings. The zero-order valence-electron chi connectivity index (χ0n) is 10.1. The summed E-state index contributed by atoms with van der Waals surface area (Å²) >= 11 is 0. The van der Waals surface area contributed by atoms with E-state index >= 15 is 0 Å². The summed E-state index contributed by atoms with van der Waals surface area (Å²) in [5.74, 6) is 0. The minimum Gasteiger partial charge on any atom is -0.378 e. The van der Waals surface area contributed by atoms with E-state index in [1.54, 1.807) is 7.05 Å². The van der Waals surface area contributed by atoms with Crippen LogP contribution >= 0.6 is 0 Å². The average molecular weight is 236 g/mol. The van der Waals surface area contributed by atoms with E-state index in [0.717, 1.165) is 11.4 Å². The van der Waals surface area contributed by atoms with Crippen molar-refractivity contribution >= 4 is 12.0 Å². The highest BCUT2D eigenvalue weighted by atomic mass is 16.5. The lowest BCUT2D eigenvalue weighted by Gasteiger charge is -2.30. The molecule has 0 bridgehead atoms. The molecule has 5 heteroatoms. The van der Waals surface area contributed by atoms with E-state index in [9.17, 15) is 9.59 Å². The van der Waals surface area contributed by atoms with Gasteiger partial charge in [0.25, 0.3) is 5.56 Å². The van der Waals surface area contributed by atoms with Crippen molar-refractivity contribution in [1.29, 1.82) is 0 Å². The van der Waals surface area contributed by atoms with Crippen LogP contribution in [0.4, 0.5) is 5.69 Å². The first-order chi connectivity index (χ1) is 8.15. The largest absolute Gasteiger partial charge is 0.378 e. The second-order valence-corrected chi connectivity index (χ2v) is 4.17. The quantitative estimate of drug-likeness (QED) is 0.695. The Hall–Kier alpha value is -1.62. The third kappa shape index (κ3) is 2.10. The van der Waals surface area contributed by atoms with Gasteiger partial charge in [-0.15, -0.1) is 0 Å². The van der Waals surface area contributed by atoms with Gasteiger partial charge in [-0.25, -0.2) is 0 Å². The fourth-order valence-electron chi connectivity index (χ4n) is 2.00. The number of anilines is 1. The average Bonchev–Trinajstić information content (AvgIpc) is 2.36. The summed E-state index contributed by atoms with van der Waals surface area (Å²) in [6, 6.07) is 1.89. The number of hydrogen-bond acceptors (Lipinski definition) is 4. The molecule has 0 radical (unpaired) electrons. The molecule has 5 nitrogen and oxygen atoms in total. The second-order valence-electron chi connectivity index (χ2n) is 4.17. The Kier molecular flexibility index (Phi) is 3.28. The van der Waals surface area contributed by atoms with Gasteiger partial charge in [0.1, 0.15) is 5.56 Å². The van der Waals surface area contributed by atoms with Crippen LogP contribution in [0.1, 0.15) is 16.1 Å². The van der Waals surface area contributed by atoms with Crippen LogP contribution < -0.4 is 10.5 Å². The number of pyridine rings is 1. The molecule has 0 spiro atoms. The molecule has 1 aliphatic heterocycles. The van der Waals surface area contributed by atoms with Gasteiger partial charge in [-0.2, -0.15) is 0 Å². The zero-order valence-corrected chi connectivity index (χ0v) is 10.1. The lowest BCUT2D eigenvalue weighted by atomic mass is 10.2. The van der Waals surface area contributed by atoms with Crippen molar-refractivity contribution in [2.45, 2.75) is 6.92 Å². The summed E-state index contributed by atoms with van der Waals surface area (Å²) in [6.07, 6.45) is 0.645. The standard InChI is InChI=1S/C12H16N2O3/c1-9-7-11(14-3-5-17-6-4-14)10(8-15)12(16)13(9)2/h7-8H,3-6H2,1-2H3. The molecule has 1 aromatic heterocycles. The normalized spacial score (nSPS) is 16.0. The summed E-state index contributed by atoms with van der Waals surface area (Å²) in [5, 5.41) is 0. The van der Waals surface area contributed by atoms with Crippen LogP contribution in [0.2, 0.25) is 0 Å². The number of morpholine rings is 1. The maximum absolute atomic E-state index is 12.0. The molecule has 0 atom stereocenters. The Morgan fingerprint density at radius 2 is 2.00 bits per heavy atom. The van der Waals surface area contributed by atoms with Gasteiger partial charge in [-0.1, -0.05) is 0 Å². The Morgan fingerprint density at radius 1 is 1.35 bits per heavy atom. The van der Waals surface area contributed by atoms with Crippen LogP contribution in [-0.4, -0.2) is 37.2 Å². The third-order valence-corrected chi connectivity index (χ3v) is 3.16. The van der Waals surface area contributed by atoms with Crippen LogP contribution in [-0.2, 0) is 11.8 Å². The number of nitrogens with zero attached hydrogens (tertiary/aromatic N) is 2. The highest BCUT2D eigenvalue weighted by Gasteiger charge is 2.18. The molecule has 92 valence electrons. The molecule has 0 saturated carbocycles. The molecular weight excluding hydrogens is 220 g/mol. The van der Waals surface area contributed by atoms with E-state index in [0.29, 0.717) is 32.6 Å². The minimum atomic E-state index is -0.235. The van der Waals surface area contributed by atoms with Gasteiger partial charge in [-0.05, 0) is 13.0 Å². The minimum absolute atomic E-state index is 0.235. The molecule has 1 fully saturated rings. The lowest BCUT2D eigenvalue weighted by molar-refractivity contribution is 0.111. The van der Waals surface area contributed by atoms with Crippen molar-refractivity contribution in [1.82, 2.24) is 4.57 Å². The summed E-state index contributed by atoms with van der Waals surface area (Å²) in [7, 11) is 1.67. The van der Waals surface area contributed by atoms with Crippen LogP contribution in [0.5, 0.6) is 0 Å². The number of carbonyl (C=O) groups excluding carboxylic acids is 1. The highest BCUT2D eigenvalue weighted by molar-refractivity contribution is 5.84. The number of ether oxygens (including phenoxy) is 1. The molecule has 1 aliphatic rings. The SMILES string of the molecule is Cc1cc(N2CCOCC2)c(C=O)c(=O)n1C. The van der Waals surface area contributed by atoms with Gasteiger partial charge in [0.2, 0.25) is 0 Å². The second kappa shape index (κ2) is 4.71. The first-order valence-corrected chi connectivity index (χ1v) is 5.63. The molecule has 0 unspecified atom stereocenters. The van der Waals surface area contributed by atoms with E-state index in [-0.39, 0.29) is 11.1 Å². The van der Waals surface area contributed by atoms with E-state index in [1.165, 1.54) is 4.57 Å². The van der Waals surface area contributed by atoms with Gasteiger partial charge >= 0.3 is 0 Å². The number of aryl methyl sites for hydroxylation is 1. The molecular formula is C12H16N2O3. The fraction of sp³-hybridized carbons (Fsp3) is 0.500. The third-order valence-electron chi connectivity index (χ3n) is 3.16. The van der Waals surface area contributed by atoms with Crippen molar-refractivity contribution in [3.63, 3.8) is 0 Å². The number of hydrogen-bond donors (Lipinski definition) is 0. The Bertz CT molecular complexity index is 487. The van der Waals surface area contributed by atoms with Crippen LogP contribution in [0.15, 0.2) is 10.9 Å². The van der Waals surface area contributed by atoms with Crippen molar-refractivity contribution in [2.75, 3.05) is 31.2 Å². The highest BCUT2D eigenvalue weighted by Crippen LogP contribution is 2.18. The first-order valence-electron chi connectivity index (χ1n) is 5.63. The summed E-state index contributed by atoms with van der Waals surface area (Å²) in [5.41, 5.74) is 1.58. The summed E-state index contributed by atoms with van der Waals surface area (Å²) in [6.45, 7) is 4.56. The van der Waals surface area contributed by atoms with Gasteiger partial charge in [-0.3, -0.25) is 9.59 Å². The molecule has 0 aliphatic carbocycles. The van der Waals surface area contributed by atoms with Crippen LogP contribution in [0.3, 0.4) is 0 Å². The predicted molar refractivity (Wildman–Crippen MR) is 64.8 cm³/mol. The number of rotatable bonds is 2. The maximum atomic E-state index is 12.0. The Labute approximate surface area is 99.6 Å². The van der Waals surface area contributed by atoms with Crippen molar-refractivity contribution in [3.8, 4) is 0 Å². The number of carbonyl (C=O) groups is 1. The molecule has 1 saturated heterocycles. The van der Waals surface area contributed by atoms with Gasteiger partial charge < -0.3 is 14.2 Å². The molecule has 0 amide bonds. The Morgan fingerprint density at radius 3 is 2.59 bits per heavy atom. The van der Waals surface area contributed by atoms with E-state index in [1.807, 2.05) is 17.9 Å². The van der Waals surface area contributed by atoms with E-state index in [4.69, 9.17) is 4.74 Å². The fourth-order valence-corrected chi connectivity index (χ4v) is 2.00. The molecule has 2 rings (SSSR count). The first kappa shape index (κ1) is 11.9. The maximum Gasteiger partial charge on any atom is 0.263 e. The Balaban J connectivity index is 2.52. The van der Waals surface area contributed by atoms with Crippen molar-refractivity contribution < 1.29 is 9.53 Å². The van der Waals surface area contributed by atoms with Gasteiger partial charge in [0, 0.05) is 25.8 Å². The molecule has 17 heavy (non-hydrogen) atoms. The number of aromatic nitrogens is 1. The summed E-state index contributed by atoms with van der Waals surface area (Å²) in [4.78, 5) is 25.1. The monoisotopic (exact) mass is 236 g/mol. The van der Waals surface area contributed by atoms with E-state index in [2.05, 4.69) is 0 Å². The van der Waals surface area contributed by atoms with Gasteiger partial charge in [0.15, 0.2) is 6.29 Å². The topological polar surface area (TPSA) is 51.5 Å². The molecule has 0 aromatic carbocycles.